The summed E-state index contributed by atoms with van der Waals surface area (Å²) in [5, 5.41) is 6.68. The first-order valence-corrected chi connectivity index (χ1v) is 12.4. The lowest BCUT2D eigenvalue weighted by molar-refractivity contribution is 0.123. The molecule has 1 aliphatic rings. The molecule has 1 saturated heterocycles. The van der Waals surface area contributed by atoms with Crippen LogP contribution in [0.1, 0.15) is 13.8 Å². The fourth-order valence-corrected chi connectivity index (χ4v) is 5.27. The van der Waals surface area contributed by atoms with E-state index in [2.05, 4.69) is 15.5 Å². The van der Waals surface area contributed by atoms with Gasteiger partial charge in [-0.3, -0.25) is 0 Å². The zero-order valence-electron chi connectivity index (χ0n) is 18.6. The van der Waals surface area contributed by atoms with Crippen LogP contribution in [-0.4, -0.2) is 64.3 Å². The van der Waals surface area contributed by atoms with Gasteiger partial charge in [0, 0.05) is 37.9 Å². The van der Waals surface area contributed by atoms with Gasteiger partial charge in [-0.05, 0) is 42.5 Å². The number of nitrogens with one attached hydrogen (secondary N) is 2. The summed E-state index contributed by atoms with van der Waals surface area (Å²) in [6.45, 7) is 7.13. The van der Waals surface area contributed by atoms with E-state index in [-0.39, 0.29) is 4.90 Å². The van der Waals surface area contributed by atoms with E-state index in [1.165, 1.54) is 4.31 Å². The summed E-state index contributed by atoms with van der Waals surface area (Å²) < 4.78 is 38.3. The van der Waals surface area contributed by atoms with Crippen LogP contribution in [0.3, 0.4) is 0 Å². The number of methoxy groups -OCH3 is 1. The predicted octanol–water partition coefficient (Wildman–Crippen LogP) is 3.37. The molecule has 0 radical (unpaired) electrons. The average Bonchev–Trinajstić information content (AvgIpc) is 2.80. The maximum absolute atomic E-state index is 13.1. The van der Waals surface area contributed by atoms with Crippen molar-refractivity contribution in [3.63, 3.8) is 0 Å². The molecular weight excluding hydrogens is 448 g/mol. The third-order valence-corrected chi connectivity index (χ3v) is 7.49. The van der Waals surface area contributed by atoms with Gasteiger partial charge in [0.05, 0.1) is 36.6 Å². The van der Waals surface area contributed by atoms with Crippen molar-refractivity contribution in [3.05, 3.63) is 42.5 Å². The Morgan fingerprint density at radius 2 is 1.84 bits per heavy atom. The SMILES string of the molecule is CCN(CC)S(=O)(=O)c1ccc(N2CCOCC2)c(NC(=S)Nc2cccc(OC)c2)c1. The number of hydrogen-bond acceptors (Lipinski definition) is 6. The molecule has 10 heteroatoms. The first kappa shape index (κ1) is 24.2. The van der Waals surface area contributed by atoms with Crippen molar-refractivity contribution in [2.75, 3.05) is 62.0 Å². The van der Waals surface area contributed by atoms with Gasteiger partial charge < -0.3 is 25.0 Å². The zero-order valence-corrected chi connectivity index (χ0v) is 20.3. The largest absolute Gasteiger partial charge is 0.497 e. The van der Waals surface area contributed by atoms with Gasteiger partial charge in [-0.15, -0.1) is 0 Å². The van der Waals surface area contributed by atoms with E-state index in [4.69, 9.17) is 21.7 Å². The topological polar surface area (TPSA) is 83.1 Å². The zero-order chi connectivity index (χ0) is 23.1. The van der Waals surface area contributed by atoms with Crippen LogP contribution >= 0.6 is 12.2 Å². The molecule has 2 aromatic rings. The standard InChI is InChI=1S/C22H30N4O4S2/c1-4-26(5-2)32(27,28)19-9-10-21(25-11-13-30-14-12-25)20(16-19)24-22(31)23-17-7-6-8-18(15-17)29-3/h6-10,15-16H,4-5,11-14H2,1-3H3,(H2,23,24,31). The first-order chi connectivity index (χ1) is 15.4. The van der Waals surface area contributed by atoms with Gasteiger partial charge in [0.15, 0.2) is 5.11 Å². The Labute approximate surface area is 195 Å². The Morgan fingerprint density at radius 3 is 2.50 bits per heavy atom. The van der Waals surface area contributed by atoms with Crippen LogP contribution in [-0.2, 0) is 14.8 Å². The number of sulfonamides is 1. The highest BCUT2D eigenvalue weighted by molar-refractivity contribution is 7.89. The van der Waals surface area contributed by atoms with Crippen LogP contribution < -0.4 is 20.3 Å². The van der Waals surface area contributed by atoms with Crippen molar-refractivity contribution in [2.45, 2.75) is 18.7 Å². The smallest absolute Gasteiger partial charge is 0.243 e. The van der Waals surface area contributed by atoms with Crippen molar-refractivity contribution < 1.29 is 17.9 Å². The predicted molar refractivity (Wildman–Crippen MR) is 132 cm³/mol. The first-order valence-electron chi connectivity index (χ1n) is 10.6. The lowest BCUT2D eigenvalue weighted by Gasteiger charge is -2.31. The maximum Gasteiger partial charge on any atom is 0.243 e. The van der Waals surface area contributed by atoms with Crippen LogP contribution in [0.25, 0.3) is 0 Å². The summed E-state index contributed by atoms with van der Waals surface area (Å²) in [6, 6.07) is 12.6. The van der Waals surface area contributed by atoms with Gasteiger partial charge >= 0.3 is 0 Å². The van der Waals surface area contributed by atoms with E-state index >= 15 is 0 Å². The second-order valence-corrected chi connectivity index (χ2v) is 9.52. The van der Waals surface area contributed by atoms with Crippen LogP contribution in [0.2, 0.25) is 0 Å². The van der Waals surface area contributed by atoms with Crippen molar-refractivity contribution in [3.8, 4) is 5.75 Å². The van der Waals surface area contributed by atoms with Gasteiger partial charge in [-0.1, -0.05) is 19.9 Å². The van der Waals surface area contributed by atoms with Gasteiger partial charge in [0.2, 0.25) is 10.0 Å². The molecule has 0 aliphatic carbocycles. The molecule has 3 rings (SSSR count). The van der Waals surface area contributed by atoms with E-state index in [1.54, 1.807) is 19.2 Å². The number of rotatable bonds is 8. The Bertz CT molecular complexity index is 1040. The molecule has 8 nitrogen and oxygen atoms in total. The lowest BCUT2D eigenvalue weighted by atomic mass is 10.2. The Hall–Kier alpha value is -2.40. The van der Waals surface area contributed by atoms with Crippen molar-refractivity contribution in [1.82, 2.24) is 4.31 Å². The molecular formula is C22H30N4O4S2. The molecule has 0 bridgehead atoms. The van der Waals surface area contributed by atoms with Crippen LogP contribution in [0.5, 0.6) is 5.75 Å². The summed E-state index contributed by atoms with van der Waals surface area (Å²) in [4.78, 5) is 2.39. The molecule has 32 heavy (non-hydrogen) atoms. The summed E-state index contributed by atoms with van der Waals surface area (Å²) in [5.74, 6) is 0.708. The highest BCUT2D eigenvalue weighted by atomic mass is 32.2. The normalized spacial score (nSPS) is 14.3. The molecule has 0 aromatic heterocycles. The highest BCUT2D eigenvalue weighted by Crippen LogP contribution is 2.31. The summed E-state index contributed by atoms with van der Waals surface area (Å²) in [7, 11) is -2.00. The quantitative estimate of drug-likeness (QED) is 0.559. The Morgan fingerprint density at radius 1 is 1.12 bits per heavy atom. The molecule has 0 amide bonds. The number of thiocarbonyl (C=S) groups is 1. The fraction of sp³-hybridized carbons (Fsp3) is 0.409. The molecule has 2 aromatic carbocycles. The molecule has 174 valence electrons. The molecule has 0 spiro atoms. The van der Waals surface area contributed by atoms with Crippen molar-refractivity contribution >= 4 is 44.4 Å². The number of benzene rings is 2. The highest BCUT2D eigenvalue weighted by Gasteiger charge is 2.24. The van der Waals surface area contributed by atoms with Gasteiger partial charge in [-0.25, -0.2) is 8.42 Å². The minimum Gasteiger partial charge on any atom is -0.497 e. The van der Waals surface area contributed by atoms with E-state index in [0.29, 0.717) is 55.9 Å². The van der Waals surface area contributed by atoms with Crippen molar-refractivity contribution in [1.29, 1.82) is 0 Å². The molecule has 1 heterocycles. The Balaban J connectivity index is 1.91. The minimum atomic E-state index is -3.60. The van der Waals surface area contributed by atoms with Crippen LogP contribution in [0.4, 0.5) is 17.1 Å². The van der Waals surface area contributed by atoms with Crippen LogP contribution in [0, 0.1) is 0 Å². The van der Waals surface area contributed by atoms with E-state index in [0.717, 1.165) is 11.4 Å². The van der Waals surface area contributed by atoms with E-state index in [1.807, 2.05) is 44.2 Å². The third kappa shape index (κ3) is 5.69. The van der Waals surface area contributed by atoms with Crippen molar-refractivity contribution in [2.24, 2.45) is 0 Å². The number of morpholine rings is 1. The maximum atomic E-state index is 13.1. The van der Waals surface area contributed by atoms with Crippen LogP contribution in [0.15, 0.2) is 47.4 Å². The molecule has 1 fully saturated rings. The van der Waals surface area contributed by atoms with Gasteiger partial charge in [0.1, 0.15) is 5.75 Å². The Kier molecular flexibility index (Phi) is 8.30. The molecule has 0 unspecified atom stereocenters. The number of nitrogens with zero attached hydrogens (tertiary/aromatic N) is 2. The molecule has 0 atom stereocenters. The van der Waals surface area contributed by atoms with E-state index in [9.17, 15) is 8.42 Å². The summed E-state index contributed by atoms with van der Waals surface area (Å²) in [5.41, 5.74) is 2.27. The lowest BCUT2D eigenvalue weighted by Crippen LogP contribution is -2.37. The van der Waals surface area contributed by atoms with Gasteiger partial charge in [-0.2, -0.15) is 4.31 Å². The monoisotopic (exact) mass is 478 g/mol. The molecule has 2 N–H and O–H groups in total. The van der Waals surface area contributed by atoms with Gasteiger partial charge in [0.25, 0.3) is 0 Å². The fourth-order valence-electron chi connectivity index (χ4n) is 3.55. The molecule has 0 saturated carbocycles. The summed E-state index contributed by atoms with van der Waals surface area (Å²) in [6.07, 6.45) is 0. The second-order valence-electron chi connectivity index (χ2n) is 7.18. The number of hydrogen-bond donors (Lipinski definition) is 2. The van der Waals surface area contributed by atoms with E-state index < -0.39 is 10.0 Å². The third-order valence-electron chi connectivity index (χ3n) is 5.24. The number of anilines is 3. The number of ether oxygens (including phenoxy) is 2. The average molecular weight is 479 g/mol. The second kappa shape index (κ2) is 11.0. The molecule has 1 aliphatic heterocycles. The summed E-state index contributed by atoms with van der Waals surface area (Å²) >= 11 is 5.53. The minimum absolute atomic E-state index is 0.227.